The lowest BCUT2D eigenvalue weighted by molar-refractivity contribution is -0.144. The first-order valence-corrected chi connectivity index (χ1v) is 6.87. The summed E-state index contributed by atoms with van der Waals surface area (Å²) in [5.41, 5.74) is 0. The fourth-order valence-electron chi connectivity index (χ4n) is 2.33. The Bertz CT molecular complexity index is 215. The first-order chi connectivity index (χ1) is 8.26. The third-order valence-corrected chi connectivity index (χ3v) is 3.09. The molecule has 0 spiro atoms. The van der Waals surface area contributed by atoms with E-state index in [0.29, 0.717) is 19.2 Å². The molecule has 0 aromatic rings. The molecule has 0 aromatic heterocycles. The van der Waals surface area contributed by atoms with Crippen LogP contribution in [0.15, 0.2) is 0 Å². The molecule has 4 heteroatoms. The molecule has 0 bridgehead atoms. The van der Waals surface area contributed by atoms with Gasteiger partial charge in [-0.1, -0.05) is 13.3 Å². The Morgan fingerprint density at radius 2 is 2.24 bits per heavy atom. The van der Waals surface area contributed by atoms with E-state index in [2.05, 4.69) is 17.1 Å². The van der Waals surface area contributed by atoms with Crippen molar-refractivity contribution in [3.8, 4) is 0 Å². The van der Waals surface area contributed by atoms with Gasteiger partial charge in [0, 0.05) is 12.6 Å². The van der Waals surface area contributed by atoms with Crippen LogP contribution in [0.5, 0.6) is 0 Å². The Morgan fingerprint density at radius 3 is 2.82 bits per heavy atom. The van der Waals surface area contributed by atoms with E-state index in [4.69, 9.17) is 4.74 Å². The Labute approximate surface area is 105 Å². The van der Waals surface area contributed by atoms with Gasteiger partial charge in [0.2, 0.25) is 0 Å². The van der Waals surface area contributed by atoms with E-state index >= 15 is 0 Å². The summed E-state index contributed by atoms with van der Waals surface area (Å²) in [5.74, 6) is -0.100. The molecule has 0 aliphatic carbocycles. The lowest BCUT2D eigenvalue weighted by Gasteiger charge is -2.29. The van der Waals surface area contributed by atoms with Gasteiger partial charge in [-0.15, -0.1) is 0 Å². The molecule has 0 saturated carbocycles. The second-order valence-corrected chi connectivity index (χ2v) is 4.69. The highest BCUT2D eigenvalue weighted by Gasteiger charge is 2.18. The minimum atomic E-state index is -0.100. The molecular weight excluding hydrogens is 216 g/mol. The zero-order valence-electron chi connectivity index (χ0n) is 11.2. The van der Waals surface area contributed by atoms with Crippen LogP contribution in [0.3, 0.4) is 0 Å². The molecule has 0 aromatic carbocycles. The van der Waals surface area contributed by atoms with E-state index in [1.807, 2.05) is 6.92 Å². The van der Waals surface area contributed by atoms with E-state index in [0.717, 1.165) is 26.1 Å². The highest BCUT2D eigenvalue weighted by molar-refractivity contribution is 5.71. The van der Waals surface area contributed by atoms with Crippen molar-refractivity contribution in [1.82, 2.24) is 10.2 Å². The number of esters is 1. The molecule has 1 aliphatic rings. The predicted octanol–water partition coefficient (Wildman–Crippen LogP) is 1.40. The van der Waals surface area contributed by atoms with Crippen LogP contribution in [0, 0.1) is 0 Å². The normalized spacial score (nSPS) is 20.5. The van der Waals surface area contributed by atoms with Crippen molar-refractivity contribution in [2.75, 3.05) is 32.8 Å². The number of hydrogen-bond donors (Lipinski definition) is 1. The second kappa shape index (κ2) is 8.48. The zero-order valence-corrected chi connectivity index (χ0v) is 11.2. The largest absolute Gasteiger partial charge is 0.465 e. The molecule has 100 valence electrons. The van der Waals surface area contributed by atoms with Crippen molar-refractivity contribution in [2.24, 2.45) is 0 Å². The first-order valence-electron chi connectivity index (χ1n) is 6.87. The van der Waals surface area contributed by atoms with E-state index in [1.165, 1.54) is 19.3 Å². The third kappa shape index (κ3) is 6.03. The maximum absolute atomic E-state index is 11.5. The number of hydrogen-bond acceptors (Lipinski definition) is 4. The van der Waals surface area contributed by atoms with Crippen LogP contribution in [0.4, 0.5) is 0 Å². The van der Waals surface area contributed by atoms with Crippen molar-refractivity contribution in [3.05, 3.63) is 0 Å². The maximum Gasteiger partial charge on any atom is 0.320 e. The van der Waals surface area contributed by atoms with E-state index < -0.39 is 0 Å². The summed E-state index contributed by atoms with van der Waals surface area (Å²) in [6.45, 7) is 7.95. The molecule has 1 saturated heterocycles. The van der Waals surface area contributed by atoms with E-state index in [9.17, 15) is 4.79 Å². The van der Waals surface area contributed by atoms with Crippen LogP contribution >= 0.6 is 0 Å². The van der Waals surface area contributed by atoms with Crippen LogP contribution in [0.25, 0.3) is 0 Å². The number of carbonyl (C=O) groups excluding carboxylic acids is 1. The average molecular weight is 242 g/mol. The predicted molar refractivity (Wildman–Crippen MR) is 69.0 cm³/mol. The quantitative estimate of drug-likeness (QED) is 0.685. The first kappa shape index (κ1) is 14.5. The molecular formula is C13H26N2O2. The van der Waals surface area contributed by atoms with Gasteiger partial charge in [0.05, 0.1) is 13.2 Å². The third-order valence-electron chi connectivity index (χ3n) is 3.09. The van der Waals surface area contributed by atoms with Gasteiger partial charge in [-0.2, -0.15) is 0 Å². The van der Waals surface area contributed by atoms with Crippen LogP contribution in [0.2, 0.25) is 0 Å². The van der Waals surface area contributed by atoms with Crippen LogP contribution < -0.4 is 5.32 Å². The van der Waals surface area contributed by atoms with Crippen molar-refractivity contribution in [3.63, 3.8) is 0 Å². The highest BCUT2D eigenvalue weighted by atomic mass is 16.5. The number of ether oxygens (including phenoxy) is 1. The molecule has 1 N–H and O–H groups in total. The number of carbonyl (C=O) groups is 1. The van der Waals surface area contributed by atoms with E-state index in [-0.39, 0.29) is 5.97 Å². The van der Waals surface area contributed by atoms with Crippen LogP contribution in [-0.4, -0.2) is 49.7 Å². The molecule has 1 aliphatic heterocycles. The van der Waals surface area contributed by atoms with Crippen molar-refractivity contribution in [2.45, 2.75) is 45.6 Å². The fourth-order valence-corrected chi connectivity index (χ4v) is 2.33. The van der Waals surface area contributed by atoms with Crippen molar-refractivity contribution >= 4 is 5.97 Å². The minimum absolute atomic E-state index is 0.100. The van der Waals surface area contributed by atoms with Gasteiger partial charge in [-0.05, 0) is 39.3 Å². The Hall–Kier alpha value is -0.610. The summed E-state index contributed by atoms with van der Waals surface area (Å²) in [4.78, 5) is 13.7. The Morgan fingerprint density at radius 1 is 1.41 bits per heavy atom. The average Bonchev–Trinajstić information content (AvgIpc) is 2.31. The maximum atomic E-state index is 11.5. The summed E-state index contributed by atoms with van der Waals surface area (Å²) in [7, 11) is 0. The molecule has 4 nitrogen and oxygen atoms in total. The second-order valence-electron chi connectivity index (χ2n) is 4.69. The van der Waals surface area contributed by atoms with Crippen LogP contribution in [-0.2, 0) is 9.53 Å². The lowest BCUT2D eigenvalue weighted by atomic mass is 10.0. The Kier molecular flexibility index (Phi) is 7.21. The summed E-state index contributed by atoms with van der Waals surface area (Å²) in [5, 5.41) is 3.52. The summed E-state index contributed by atoms with van der Waals surface area (Å²) >= 11 is 0. The van der Waals surface area contributed by atoms with Gasteiger partial charge >= 0.3 is 5.97 Å². The van der Waals surface area contributed by atoms with Gasteiger partial charge in [0.25, 0.3) is 0 Å². The number of piperidine rings is 1. The van der Waals surface area contributed by atoms with Crippen LogP contribution in [0.1, 0.15) is 39.5 Å². The molecule has 1 fully saturated rings. The number of nitrogens with one attached hydrogen (secondary N) is 1. The monoisotopic (exact) mass is 242 g/mol. The summed E-state index contributed by atoms with van der Waals surface area (Å²) in [6, 6.07) is 0.546. The molecule has 1 unspecified atom stereocenters. The standard InChI is InChI=1S/C13H26N2O2/c1-3-9-15(11-13(16)17-4-2)10-12-7-5-6-8-14-12/h12,14H,3-11H2,1-2H3. The topological polar surface area (TPSA) is 41.6 Å². The number of rotatable bonds is 7. The molecule has 17 heavy (non-hydrogen) atoms. The highest BCUT2D eigenvalue weighted by Crippen LogP contribution is 2.08. The summed E-state index contributed by atoms with van der Waals surface area (Å²) in [6.07, 6.45) is 4.88. The zero-order chi connectivity index (χ0) is 12.5. The van der Waals surface area contributed by atoms with Crippen molar-refractivity contribution in [1.29, 1.82) is 0 Å². The molecule has 1 heterocycles. The Balaban J connectivity index is 2.32. The van der Waals surface area contributed by atoms with Gasteiger partial charge < -0.3 is 10.1 Å². The summed E-state index contributed by atoms with van der Waals surface area (Å²) < 4.78 is 5.01. The van der Waals surface area contributed by atoms with E-state index in [1.54, 1.807) is 0 Å². The van der Waals surface area contributed by atoms with Gasteiger partial charge in [0.15, 0.2) is 0 Å². The SMILES string of the molecule is CCCN(CC(=O)OCC)CC1CCCCN1. The number of nitrogens with zero attached hydrogens (tertiary/aromatic N) is 1. The van der Waals surface area contributed by atoms with Gasteiger partial charge in [-0.3, -0.25) is 9.69 Å². The molecule has 0 radical (unpaired) electrons. The molecule has 1 rings (SSSR count). The van der Waals surface area contributed by atoms with Gasteiger partial charge in [-0.25, -0.2) is 0 Å². The fraction of sp³-hybridized carbons (Fsp3) is 0.923. The molecule has 1 atom stereocenters. The lowest BCUT2D eigenvalue weighted by Crippen LogP contribution is -2.45. The minimum Gasteiger partial charge on any atom is -0.465 e. The smallest absolute Gasteiger partial charge is 0.320 e. The molecule has 0 amide bonds. The van der Waals surface area contributed by atoms with Gasteiger partial charge in [0.1, 0.15) is 0 Å². The van der Waals surface area contributed by atoms with Crippen molar-refractivity contribution < 1.29 is 9.53 Å².